The van der Waals surface area contributed by atoms with Crippen LogP contribution >= 0.6 is 0 Å². The fourth-order valence-corrected chi connectivity index (χ4v) is 3.23. The molecule has 0 spiro atoms. The predicted molar refractivity (Wildman–Crippen MR) is 114 cm³/mol. The van der Waals surface area contributed by atoms with Crippen molar-refractivity contribution in [1.29, 1.82) is 0 Å². The molecule has 1 N–H and O–H groups in total. The Morgan fingerprint density at radius 1 is 0.828 bits per heavy atom. The van der Waals surface area contributed by atoms with E-state index in [2.05, 4.69) is 11.0 Å². The molecule has 0 fully saturated rings. The Hall–Kier alpha value is -3.47. The van der Waals surface area contributed by atoms with Gasteiger partial charge in [-0.3, -0.25) is 4.79 Å². The maximum Gasteiger partial charge on any atom is 0.307 e. The van der Waals surface area contributed by atoms with Crippen molar-refractivity contribution in [3.05, 3.63) is 89.5 Å². The zero-order chi connectivity index (χ0) is 20.6. The van der Waals surface area contributed by atoms with Gasteiger partial charge in [-0.15, -0.1) is 0 Å². The highest BCUT2D eigenvalue weighted by Gasteiger charge is 2.12. The number of anilines is 1. The largest absolute Gasteiger partial charge is 0.497 e. The van der Waals surface area contributed by atoms with Gasteiger partial charge < -0.3 is 19.5 Å². The van der Waals surface area contributed by atoms with Crippen LogP contribution in [0.1, 0.15) is 16.7 Å². The molecule has 5 heteroatoms. The van der Waals surface area contributed by atoms with Crippen LogP contribution in [0.25, 0.3) is 0 Å². The number of rotatable bonds is 9. The molecule has 0 heterocycles. The number of carboxylic acid groups (broad SMARTS) is 1. The summed E-state index contributed by atoms with van der Waals surface area (Å²) >= 11 is 0. The highest BCUT2D eigenvalue weighted by atomic mass is 16.5. The third-order valence-electron chi connectivity index (χ3n) is 4.74. The summed E-state index contributed by atoms with van der Waals surface area (Å²) in [6, 6.07) is 23.6. The van der Waals surface area contributed by atoms with Crippen LogP contribution in [0.3, 0.4) is 0 Å². The number of ether oxygens (including phenoxy) is 2. The van der Waals surface area contributed by atoms with Gasteiger partial charge in [0, 0.05) is 24.3 Å². The number of nitrogens with zero attached hydrogens (tertiary/aromatic N) is 1. The number of carbonyl (C=O) groups is 1. The van der Waals surface area contributed by atoms with Crippen molar-refractivity contribution in [3.8, 4) is 11.5 Å². The van der Waals surface area contributed by atoms with E-state index in [0.717, 1.165) is 33.9 Å². The quantitative estimate of drug-likeness (QED) is 0.580. The molecule has 0 aliphatic carbocycles. The lowest BCUT2D eigenvalue weighted by Crippen LogP contribution is -2.22. The summed E-state index contributed by atoms with van der Waals surface area (Å²) in [5.41, 5.74) is 4.03. The third-order valence-corrected chi connectivity index (χ3v) is 4.74. The second-order valence-corrected chi connectivity index (χ2v) is 6.75. The monoisotopic (exact) mass is 391 g/mol. The molecular weight excluding hydrogens is 366 g/mol. The number of benzene rings is 3. The molecule has 0 radical (unpaired) electrons. The number of methoxy groups -OCH3 is 2. The topological polar surface area (TPSA) is 59.0 Å². The van der Waals surface area contributed by atoms with Gasteiger partial charge >= 0.3 is 5.97 Å². The normalized spacial score (nSPS) is 10.4. The van der Waals surface area contributed by atoms with E-state index >= 15 is 0 Å². The van der Waals surface area contributed by atoms with E-state index < -0.39 is 5.97 Å². The maximum atomic E-state index is 11.0. The first-order chi connectivity index (χ1) is 14.1. The van der Waals surface area contributed by atoms with E-state index in [4.69, 9.17) is 14.6 Å². The molecule has 150 valence electrons. The van der Waals surface area contributed by atoms with E-state index in [0.29, 0.717) is 13.1 Å². The van der Waals surface area contributed by atoms with E-state index in [-0.39, 0.29) is 6.42 Å². The minimum atomic E-state index is -0.832. The van der Waals surface area contributed by atoms with Crippen molar-refractivity contribution in [2.24, 2.45) is 0 Å². The number of carboxylic acids is 1. The minimum absolute atomic E-state index is 0.0191. The summed E-state index contributed by atoms with van der Waals surface area (Å²) < 4.78 is 10.8. The Morgan fingerprint density at radius 2 is 1.48 bits per heavy atom. The molecule has 0 aliphatic rings. The van der Waals surface area contributed by atoms with Crippen LogP contribution in [-0.4, -0.2) is 25.3 Å². The second kappa shape index (κ2) is 9.64. The van der Waals surface area contributed by atoms with Crippen LogP contribution in [0, 0.1) is 0 Å². The average Bonchev–Trinajstić information content (AvgIpc) is 2.74. The fraction of sp³-hybridized carbons (Fsp3) is 0.208. The summed E-state index contributed by atoms with van der Waals surface area (Å²) in [6.45, 7) is 1.36. The first-order valence-electron chi connectivity index (χ1n) is 9.39. The molecule has 0 saturated carbocycles. The summed E-state index contributed by atoms with van der Waals surface area (Å²) in [7, 11) is 3.33. The van der Waals surface area contributed by atoms with Crippen LogP contribution in [0.15, 0.2) is 72.8 Å². The van der Waals surface area contributed by atoms with Gasteiger partial charge in [-0.25, -0.2) is 0 Å². The SMILES string of the molecule is COc1ccc(CN(Cc2ccccc2OC)c2ccc(CC(=O)O)cc2)cc1. The molecule has 0 bridgehead atoms. The van der Waals surface area contributed by atoms with E-state index in [1.807, 2.05) is 66.7 Å². The second-order valence-electron chi connectivity index (χ2n) is 6.75. The summed E-state index contributed by atoms with van der Waals surface area (Å²) in [6.07, 6.45) is 0.0191. The van der Waals surface area contributed by atoms with Gasteiger partial charge in [-0.1, -0.05) is 42.5 Å². The van der Waals surface area contributed by atoms with E-state index in [9.17, 15) is 4.79 Å². The van der Waals surface area contributed by atoms with Gasteiger partial charge in [0.05, 0.1) is 20.6 Å². The molecule has 0 aliphatic heterocycles. The highest BCUT2D eigenvalue weighted by molar-refractivity contribution is 5.70. The molecule has 3 rings (SSSR count). The van der Waals surface area contributed by atoms with Crippen LogP contribution in [0.2, 0.25) is 0 Å². The average molecular weight is 391 g/mol. The summed E-state index contributed by atoms with van der Waals surface area (Å²) in [4.78, 5) is 13.2. The Labute approximate surface area is 171 Å². The Bertz CT molecular complexity index is 936. The summed E-state index contributed by atoms with van der Waals surface area (Å²) in [5.74, 6) is 0.833. The fourth-order valence-electron chi connectivity index (χ4n) is 3.23. The molecule has 0 unspecified atom stereocenters. The van der Waals surface area contributed by atoms with Crippen molar-refractivity contribution in [2.75, 3.05) is 19.1 Å². The molecule has 5 nitrogen and oxygen atoms in total. The number of para-hydroxylation sites is 1. The molecule has 3 aromatic rings. The van der Waals surface area contributed by atoms with Gasteiger partial charge in [-0.2, -0.15) is 0 Å². The lowest BCUT2D eigenvalue weighted by atomic mass is 10.1. The van der Waals surface area contributed by atoms with Crippen LogP contribution < -0.4 is 14.4 Å². The van der Waals surface area contributed by atoms with Gasteiger partial charge in [0.1, 0.15) is 11.5 Å². The van der Waals surface area contributed by atoms with Crippen molar-refractivity contribution in [3.63, 3.8) is 0 Å². The Kier molecular flexibility index (Phi) is 6.74. The van der Waals surface area contributed by atoms with Crippen molar-refractivity contribution in [1.82, 2.24) is 0 Å². The smallest absolute Gasteiger partial charge is 0.307 e. The standard InChI is InChI=1S/C24H25NO4/c1-28-22-13-9-19(10-14-22)16-25(17-20-5-3-4-6-23(20)29-2)21-11-7-18(8-12-21)15-24(26)27/h3-14H,15-17H2,1-2H3,(H,26,27). The van der Waals surface area contributed by atoms with Crippen LogP contribution in [0.5, 0.6) is 11.5 Å². The molecule has 0 atom stereocenters. The van der Waals surface area contributed by atoms with Crippen LogP contribution in [-0.2, 0) is 24.3 Å². The van der Waals surface area contributed by atoms with Gasteiger partial charge in [0.2, 0.25) is 0 Å². The van der Waals surface area contributed by atoms with Crippen molar-refractivity contribution < 1.29 is 19.4 Å². The molecular formula is C24H25NO4. The van der Waals surface area contributed by atoms with Crippen molar-refractivity contribution >= 4 is 11.7 Å². The third kappa shape index (κ3) is 5.51. The molecule has 29 heavy (non-hydrogen) atoms. The Morgan fingerprint density at radius 3 is 2.10 bits per heavy atom. The number of hydrogen-bond acceptors (Lipinski definition) is 4. The first-order valence-corrected chi connectivity index (χ1v) is 9.39. The number of hydrogen-bond donors (Lipinski definition) is 1. The first kappa shape index (κ1) is 20.3. The minimum Gasteiger partial charge on any atom is -0.497 e. The summed E-state index contributed by atoms with van der Waals surface area (Å²) in [5, 5.41) is 9.00. The van der Waals surface area contributed by atoms with E-state index in [1.54, 1.807) is 14.2 Å². The molecule has 0 saturated heterocycles. The molecule has 0 amide bonds. The van der Waals surface area contributed by atoms with E-state index in [1.165, 1.54) is 0 Å². The van der Waals surface area contributed by atoms with Crippen molar-refractivity contribution in [2.45, 2.75) is 19.5 Å². The highest BCUT2D eigenvalue weighted by Crippen LogP contribution is 2.26. The molecule has 0 aromatic heterocycles. The maximum absolute atomic E-state index is 11.0. The zero-order valence-corrected chi connectivity index (χ0v) is 16.7. The van der Waals surface area contributed by atoms with Gasteiger partial charge in [-0.05, 0) is 41.5 Å². The van der Waals surface area contributed by atoms with Gasteiger partial charge in [0.25, 0.3) is 0 Å². The lowest BCUT2D eigenvalue weighted by Gasteiger charge is -2.26. The molecule has 3 aromatic carbocycles. The van der Waals surface area contributed by atoms with Crippen LogP contribution in [0.4, 0.5) is 5.69 Å². The Balaban J connectivity index is 1.88. The number of aliphatic carboxylic acids is 1. The predicted octanol–water partition coefficient (Wildman–Crippen LogP) is 4.54. The lowest BCUT2D eigenvalue weighted by molar-refractivity contribution is -0.136. The van der Waals surface area contributed by atoms with Gasteiger partial charge in [0.15, 0.2) is 0 Å². The zero-order valence-electron chi connectivity index (χ0n) is 16.7.